The van der Waals surface area contributed by atoms with Gasteiger partial charge < -0.3 is 9.13 Å². The SMILES string of the molecule is O=C1NC(=O)C(c2cn(CCCCn3ccnc3)c3ccccc23)C1=Nc1cccc(Cl)c1. The minimum atomic E-state index is -0.770. The molecule has 8 heteroatoms. The molecule has 166 valence electrons. The number of para-hydroxylation sites is 1. The third-order valence-corrected chi connectivity index (χ3v) is 6.05. The van der Waals surface area contributed by atoms with E-state index in [1.54, 1.807) is 30.5 Å². The number of rotatable bonds is 7. The van der Waals surface area contributed by atoms with Gasteiger partial charge in [0.05, 0.1) is 12.0 Å². The zero-order chi connectivity index (χ0) is 22.8. The number of fused-ring (bicyclic) bond motifs is 1. The lowest BCUT2D eigenvalue weighted by molar-refractivity contribution is -0.124. The van der Waals surface area contributed by atoms with Gasteiger partial charge in [-0.3, -0.25) is 14.9 Å². The van der Waals surface area contributed by atoms with E-state index < -0.39 is 11.8 Å². The molecule has 1 saturated heterocycles. The van der Waals surface area contributed by atoms with Crippen molar-refractivity contribution in [3.63, 3.8) is 0 Å². The number of aryl methyl sites for hydroxylation is 2. The zero-order valence-corrected chi connectivity index (χ0v) is 18.6. The summed E-state index contributed by atoms with van der Waals surface area (Å²) in [6, 6.07) is 14.9. The van der Waals surface area contributed by atoms with Crippen LogP contribution in [0.2, 0.25) is 5.02 Å². The Morgan fingerprint density at radius 3 is 2.73 bits per heavy atom. The topological polar surface area (TPSA) is 81.3 Å². The van der Waals surface area contributed by atoms with Crippen molar-refractivity contribution < 1.29 is 9.59 Å². The summed E-state index contributed by atoms with van der Waals surface area (Å²) in [4.78, 5) is 34.0. The first-order chi connectivity index (χ1) is 16.1. The van der Waals surface area contributed by atoms with Gasteiger partial charge in [0.2, 0.25) is 5.91 Å². The van der Waals surface area contributed by atoms with E-state index in [4.69, 9.17) is 11.6 Å². The number of aromatic nitrogens is 3. The fourth-order valence-corrected chi connectivity index (χ4v) is 4.46. The minimum absolute atomic E-state index is 0.185. The second-order valence-electron chi connectivity index (χ2n) is 8.03. The molecule has 1 unspecified atom stereocenters. The Labute approximate surface area is 195 Å². The molecule has 2 aromatic heterocycles. The van der Waals surface area contributed by atoms with E-state index in [0.717, 1.165) is 42.4 Å². The molecule has 4 aromatic rings. The van der Waals surface area contributed by atoms with E-state index in [0.29, 0.717) is 10.7 Å². The molecule has 1 aliphatic rings. The normalized spacial score (nSPS) is 17.2. The maximum absolute atomic E-state index is 12.8. The van der Waals surface area contributed by atoms with Crippen LogP contribution in [0.1, 0.15) is 24.3 Å². The van der Waals surface area contributed by atoms with Crippen molar-refractivity contribution in [3.05, 3.63) is 84.0 Å². The maximum atomic E-state index is 12.8. The molecule has 0 saturated carbocycles. The lowest BCUT2D eigenvalue weighted by atomic mass is 9.95. The lowest BCUT2D eigenvalue weighted by Crippen LogP contribution is -2.22. The van der Waals surface area contributed by atoms with E-state index >= 15 is 0 Å². The minimum Gasteiger partial charge on any atom is -0.347 e. The average molecular weight is 460 g/mol. The van der Waals surface area contributed by atoms with E-state index in [1.807, 2.05) is 43.0 Å². The summed E-state index contributed by atoms with van der Waals surface area (Å²) in [5, 5.41) is 3.90. The average Bonchev–Trinajstić information content (AvgIpc) is 3.51. The van der Waals surface area contributed by atoms with Gasteiger partial charge in [-0.05, 0) is 42.7 Å². The summed E-state index contributed by atoms with van der Waals surface area (Å²) in [6.07, 6.45) is 9.51. The van der Waals surface area contributed by atoms with E-state index in [-0.39, 0.29) is 11.6 Å². The van der Waals surface area contributed by atoms with Gasteiger partial charge >= 0.3 is 0 Å². The zero-order valence-electron chi connectivity index (χ0n) is 17.8. The van der Waals surface area contributed by atoms with Crippen LogP contribution in [0.15, 0.2) is 78.4 Å². The van der Waals surface area contributed by atoms with Crippen molar-refractivity contribution in [2.75, 3.05) is 0 Å². The highest BCUT2D eigenvalue weighted by Crippen LogP contribution is 2.33. The smallest absolute Gasteiger partial charge is 0.273 e. The molecular formula is C25H22ClN5O2. The summed E-state index contributed by atoms with van der Waals surface area (Å²) >= 11 is 6.08. The van der Waals surface area contributed by atoms with Gasteiger partial charge in [0, 0.05) is 47.6 Å². The van der Waals surface area contributed by atoms with Crippen LogP contribution >= 0.6 is 11.6 Å². The molecule has 0 spiro atoms. The Balaban J connectivity index is 1.46. The van der Waals surface area contributed by atoms with Crippen molar-refractivity contribution in [1.29, 1.82) is 0 Å². The second kappa shape index (κ2) is 9.03. The number of carbonyl (C=O) groups is 2. The predicted octanol–water partition coefficient (Wildman–Crippen LogP) is 4.48. The molecule has 0 aliphatic carbocycles. The van der Waals surface area contributed by atoms with Crippen molar-refractivity contribution >= 4 is 45.7 Å². The number of imidazole rings is 1. The number of benzene rings is 2. The van der Waals surface area contributed by atoms with Crippen LogP contribution in [0.5, 0.6) is 0 Å². The van der Waals surface area contributed by atoms with Gasteiger partial charge in [0.1, 0.15) is 11.6 Å². The number of hydrogen-bond donors (Lipinski definition) is 1. The van der Waals surface area contributed by atoms with Gasteiger partial charge in [-0.15, -0.1) is 0 Å². The summed E-state index contributed by atoms with van der Waals surface area (Å²) in [7, 11) is 0. The number of carbonyl (C=O) groups excluding carboxylic acids is 2. The van der Waals surface area contributed by atoms with Crippen LogP contribution < -0.4 is 5.32 Å². The fraction of sp³-hybridized carbons (Fsp3) is 0.200. The Bertz CT molecular complexity index is 1360. The fourth-order valence-electron chi connectivity index (χ4n) is 4.28. The number of nitrogens with zero attached hydrogens (tertiary/aromatic N) is 4. The molecule has 1 aliphatic heterocycles. The predicted molar refractivity (Wildman–Crippen MR) is 128 cm³/mol. The van der Waals surface area contributed by atoms with Crippen molar-refractivity contribution in [3.8, 4) is 0 Å². The van der Waals surface area contributed by atoms with Crippen LogP contribution in [0.25, 0.3) is 10.9 Å². The molecule has 0 bridgehead atoms. The van der Waals surface area contributed by atoms with Gasteiger partial charge in [0.25, 0.3) is 5.91 Å². The van der Waals surface area contributed by atoms with Crippen LogP contribution in [-0.2, 0) is 22.7 Å². The quantitative estimate of drug-likeness (QED) is 0.326. The monoisotopic (exact) mass is 459 g/mol. The van der Waals surface area contributed by atoms with Crippen molar-refractivity contribution in [2.24, 2.45) is 4.99 Å². The number of nitrogens with one attached hydrogen (secondary N) is 1. The highest BCUT2D eigenvalue weighted by atomic mass is 35.5. The summed E-state index contributed by atoms with van der Waals surface area (Å²) in [6.45, 7) is 1.71. The summed E-state index contributed by atoms with van der Waals surface area (Å²) in [5.41, 5.74) is 2.54. The van der Waals surface area contributed by atoms with Gasteiger partial charge in [-0.1, -0.05) is 35.9 Å². The molecule has 0 radical (unpaired) electrons. The number of amides is 2. The number of halogens is 1. The Morgan fingerprint density at radius 2 is 1.91 bits per heavy atom. The maximum Gasteiger partial charge on any atom is 0.273 e. The Morgan fingerprint density at radius 1 is 1.06 bits per heavy atom. The van der Waals surface area contributed by atoms with Crippen LogP contribution in [0.4, 0.5) is 5.69 Å². The molecule has 1 atom stereocenters. The highest BCUT2D eigenvalue weighted by Gasteiger charge is 2.40. The molecule has 7 nitrogen and oxygen atoms in total. The number of aliphatic imine (C=N–C) groups is 1. The van der Waals surface area contributed by atoms with Crippen LogP contribution in [-0.4, -0.2) is 31.6 Å². The highest BCUT2D eigenvalue weighted by molar-refractivity contribution is 6.52. The van der Waals surface area contributed by atoms with E-state index in [1.165, 1.54) is 0 Å². The molecule has 2 aromatic carbocycles. The third kappa shape index (κ3) is 4.32. The number of imide groups is 1. The third-order valence-electron chi connectivity index (χ3n) is 5.82. The Kier molecular flexibility index (Phi) is 5.79. The van der Waals surface area contributed by atoms with E-state index in [2.05, 4.69) is 24.4 Å². The molecular weight excluding hydrogens is 438 g/mol. The van der Waals surface area contributed by atoms with Crippen LogP contribution in [0, 0.1) is 0 Å². The number of unbranched alkanes of at least 4 members (excludes halogenated alkanes) is 1. The summed E-state index contributed by atoms with van der Waals surface area (Å²) in [5.74, 6) is -1.60. The first kappa shape index (κ1) is 21.2. The Hall–Kier alpha value is -3.71. The van der Waals surface area contributed by atoms with Crippen LogP contribution in [0.3, 0.4) is 0 Å². The first-order valence-electron chi connectivity index (χ1n) is 10.8. The van der Waals surface area contributed by atoms with Crippen molar-refractivity contribution in [2.45, 2.75) is 31.8 Å². The van der Waals surface area contributed by atoms with Gasteiger partial charge in [-0.25, -0.2) is 9.98 Å². The summed E-state index contributed by atoms with van der Waals surface area (Å²) < 4.78 is 4.22. The van der Waals surface area contributed by atoms with Crippen molar-refractivity contribution in [1.82, 2.24) is 19.4 Å². The number of hydrogen-bond acceptors (Lipinski definition) is 4. The van der Waals surface area contributed by atoms with Gasteiger partial charge in [-0.2, -0.15) is 0 Å². The largest absolute Gasteiger partial charge is 0.347 e. The molecule has 1 fully saturated rings. The standard InChI is InChI=1S/C25H22ClN5O2/c26-17-6-5-7-18(14-17)28-23-22(24(32)29-25(23)33)20-15-31(21-9-2-1-8-19(20)21)12-4-3-11-30-13-10-27-16-30/h1-2,5-10,13-16,22H,3-4,11-12H2,(H,29,32,33). The lowest BCUT2D eigenvalue weighted by Gasteiger charge is -2.07. The molecule has 1 N–H and O–H groups in total. The molecule has 33 heavy (non-hydrogen) atoms. The molecule has 2 amide bonds. The van der Waals surface area contributed by atoms with Gasteiger partial charge in [0.15, 0.2) is 0 Å². The van der Waals surface area contributed by atoms with E-state index in [9.17, 15) is 9.59 Å². The molecule has 5 rings (SSSR count). The first-order valence-corrected chi connectivity index (χ1v) is 11.2. The molecule has 3 heterocycles. The second-order valence-corrected chi connectivity index (χ2v) is 8.47.